The molecule has 1 aliphatic heterocycles. The van der Waals surface area contributed by atoms with Gasteiger partial charge in [-0.15, -0.1) is 0 Å². The van der Waals surface area contributed by atoms with Gasteiger partial charge in [0.15, 0.2) is 0 Å². The molecule has 0 radical (unpaired) electrons. The second-order valence-corrected chi connectivity index (χ2v) is 8.34. The van der Waals surface area contributed by atoms with Crippen molar-refractivity contribution in [2.45, 2.75) is 39.2 Å². The van der Waals surface area contributed by atoms with Gasteiger partial charge in [-0.05, 0) is 55.5 Å². The molecule has 4 rings (SSSR count). The summed E-state index contributed by atoms with van der Waals surface area (Å²) in [5, 5.41) is 0. The van der Waals surface area contributed by atoms with Crippen LogP contribution in [0.2, 0.25) is 0 Å². The molecular formula is C25H28N2O4. The maximum absolute atomic E-state index is 13.2. The Morgan fingerprint density at radius 1 is 1.06 bits per heavy atom. The third-order valence-electron chi connectivity index (χ3n) is 6.15. The summed E-state index contributed by atoms with van der Waals surface area (Å²) < 4.78 is 5.70. The van der Waals surface area contributed by atoms with E-state index in [9.17, 15) is 14.4 Å². The number of imide groups is 1. The number of carbonyl (C=O) groups is 3. The van der Waals surface area contributed by atoms with Crippen LogP contribution in [-0.2, 0) is 6.54 Å². The van der Waals surface area contributed by atoms with Crippen LogP contribution in [0, 0.1) is 5.92 Å². The quantitative estimate of drug-likeness (QED) is 0.632. The lowest BCUT2D eigenvalue weighted by Gasteiger charge is -2.23. The summed E-state index contributed by atoms with van der Waals surface area (Å²) in [6, 6.07) is 12.2. The molecule has 0 unspecified atom stereocenters. The maximum atomic E-state index is 13.2. The van der Waals surface area contributed by atoms with E-state index in [1.54, 1.807) is 41.3 Å². The molecule has 0 spiro atoms. The van der Waals surface area contributed by atoms with E-state index in [-0.39, 0.29) is 24.3 Å². The fraction of sp³-hybridized carbons (Fsp3) is 0.400. The molecule has 0 saturated heterocycles. The number of amides is 3. The second kappa shape index (κ2) is 8.92. The fourth-order valence-corrected chi connectivity index (χ4v) is 4.56. The van der Waals surface area contributed by atoms with Crippen molar-refractivity contribution in [1.29, 1.82) is 0 Å². The first-order valence-electron chi connectivity index (χ1n) is 11.0. The van der Waals surface area contributed by atoms with Crippen molar-refractivity contribution in [3.63, 3.8) is 0 Å². The molecule has 2 aromatic rings. The lowest BCUT2D eigenvalue weighted by molar-refractivity contribution is 0.0642. The molecular weight excluding hydrogens is 392 g/mol. The first kappa shape index (κ1) is 21.1. The van der Waals surface area contributed by atoms with Gasteiger partial charge in [0.05, 0.1) is 29.8 Å². The van der Waals surface area contributed by atoms with Gasteiger partial charge in [0.1, 0.15) is 5.75 Å². The summed E-state index contributed by atoms with van der Waals surface area (Å²) in [4.78, 5) is 41.6. The van der Waals surface area contributed by atoms with Gasteiger partial charge >= 0.3 is 0 Å². The number of fused-ring (bicyclic) bond motifs is 1. The highest BCUT2D eigenvalue weighted by Crippen LogP contribution is 2.29. The van der Waals surface area contributed by atoms with Crippen LogP contribution in [0.4, 0.5) is 0 Å². The predicted octanol–water partition coefficient (Wildman–Crippen LogP) is 4.14. The molecule has 162 valence electrons. The Kier molecular flexibility index (Phi) is 6.07. The molecule has 31 heavy (non-hydrogen) atoms. The predicted molar refractivity (Wildman–Crippen MR) is 117 cm³/mol. The van der Waals surface area contributed by atoms with Crippen LogP contribution in [0.3, 0.4) is 0 Å². The number of benzene rings is 2. The molecule has 6 heteroatoms. The van der Waals surface area contributed by atoms with Crippen molar-refractivity contribution in [3.8, 4) is 5.75 Å². The number of hydrogen-bond donors (Lipinski definition) is 0. The zero-order valence-electron chi connectivity index (χ0n) is 18.1. The van der Waals surface area contributed by atoms with Crippen molar-refractivity contribution < 1.29 is 19.1 Å². The van der Waals surface area contributed by atoms with Crippen molar-refractivity contribution >= 4 is 17.7 Å². The number of carbonyl (C=O) groups excluding carboxylic acids is 3. The van der Waals surface area contributed by atoms with Crippen LogP contribution in [0.15, 0.2) is 42.5 Å². The van der Waals surface area contributed by atoms with Crippen molar-refractivity contribution in [1.82, 2.24) is 9.80 Å². The highest BCUT2D eigenvalue weighted by Gasteiger charge is 2.35. The van der Waals surface area contributed by atoms with E-state index >= 15 is 0 Å². The smallest absolute Gasteiger partial charge is 0.261 e. The summed E-state index contributed by atoms with van der Waals surface area (Å²) in [7, 11) is 1.83. The number of nitrogens with zero attached hydrogens (tertiary/aromatic N) is 2. The first-order valence-corrected chi connectivity index (χ1v) is 11.0. The van der Waals surface area contributed by atoms with E-state index in [1.807, 2.05) is 20.0 Å². The molecule has 6 nitrogen and oxygen atoms in total. The monoisotopic (exact) mass is 420 g/mol. The van der Waals surface area contributed by atoms with E-state index in [1.165, 1.54) is 17.7 Å². The van der Waals surface area contributed by atoms with E-state index < -0.39 is 0 Å². The molecule has 0 N–H and O–H groups in total. The lowest BCUT2D eigenvalue weighted by Crippen LogP contribution is -2.32. The summed E-state index contributed by atoms with van der Waals surface area (Å²) >= 11 is 0. The normalized spacial score (nSPS) is 16.0. The van der Waals surface area contributed by atoms with Gasteiger partial charge < -0.3 is 9.64 Å². The standard InChI is InChI=1S/C25H28N2O4/c1-3-31-22-13-12-18(14-21(22)23(28)26(2)15-17-8-4-5-9-17)16-27-24(29)19-10-6-7-11-20(19)25(27)30/h6-7,10-14,17H,3-5,8-9,15-16H2,1-2H3. The zero-order valence-corrected chi connectivity index (χ0v) is 18.1. The largest absolute Gasteiger partial charge is 0.493 e. The van der Waals surface area contributed by atoms with Crippen molar-refractivity contribution in [2.24, 2.45) is 5.92 Å². The summed E-state index contributed by atoms with van der Waals surface area (Å²) in [6.07, 6.45) is 4.78. The highest BCUT2D eigenvalue weighted by molar-refractivity contribution is 6.21. The first-order chi connectivity index (χ1) is 15.0. The SMILES string of the molecule is CCOc1ccc(CN2C(=O)c3ccccc3C2=O)cc1C(=O)N(C)CC1CCCC1. The Hall–Kier alpha value is -3.15. The fourth-order valence-electron chi connectivity index (χ4n) is 4.56. The van der Waals surface area contributed by atoms with Gasteiger partial charge in [0.25, 0.3) is 17.7 Å². The van der Waals surface area contributed by atoms with E-state index in [4.69, 9.17) is 4.74 Å². The highest BCUT2D eigenvalue weighted by atomic mass is 16.5. The third-order valence-corrected chi connectivity index (χ3v) is 6.15. The molecule has 0 bridgehead atoms. The molecule has 0 atom stereocenters. The Morgan fingerprint density at radius 2 is 1.71 bits per heavy atom. The van der Waals surface area contributed by atoms with Gasteiger partial charge in [-0.1, -0.05) is 31.0 Å². The molecule has 0 aromatic heterocycles. The second-order valence-electron chi connectivity index (χ2n) is 8.34. The summed E-state index contributed by atoms with van der Waals surface area (Å²) in [5.41, 5.74) is 2.03. The van der Waals surface area contributed by atoms with Gasteiger partial charge in [-0.2, -0.15) is 0 Å². The summed E-state index contributed by atoms with van der Waals surface area (Å²) in [5.74, 6) is 0.365. The van der Waals surface area contributed by atoms with Crippen LogP contribution in [0.1, 0.15) is 69.2 Å². The van der Waals surface area contributed by atoms with Crippen LogP contribution < -0.4 is 4.74 Å². The minimum absolute atomic E-state index is 0.0976. The van der Waals surface area contributed by atoms with Crippen LogP contribution in [0.5, 0.6) is 5.75 Å². The number of hydrogen-bond acceptors (Lipinski definition) is 4. The van der Waals surface area contributed by atoms with E-state index in [2.05, 4.69) is 0 Å². The topological polar surface area (TPSA) is 66.9 Å². The van der Waals surface area contributed by atoms with Crippen LogP contribution >= 0.6 is 0 Å². The molecule has 1 saturated carbocycles. The summed E-state index contributed by atoms with van der Waals surface area (Å²) in [6.45, 7) is 3.17. The van der Waals surface area contributed by atoms with Gasteiger partial charge in [-0.25, -0.2) is 0 Å². The average molecular weight is 421 g/mol. The van der Waals surface area contributed by atoms with E-state index in [0.717, 1.165) is 24.9 Å². The Bertz CT molecular complexity index is 975. The molecule has 1 aliphatic carbocycles. The lowest BCUT2D eigenvalue weighted by atomic mass is 10.1. The van der Waals surface area contributed by atoms with Gasteiger partial charge in [0, 0.05) is 13.6 Å². The molecule has 1 heterocycles. The molecule has 3 amide bonds. The average Bonchev–Trinajstić information content (AvgIpc) is 3.37. The van der Waals surface area contributed by atoms with Gasteiger partial charge in [0.2, 0.25) is 0 Å². The Labute approximate surface area is 182 Å². The van der Waals surface area contributed by atoms with Gasteiger partial charge in [-0.3, -0.25) is 19.3 Å². The Balaban J connectivity index is 1.56. The number of rotatable bonds is 7. The number of ether oxygens (including phenoxy) is 1. The zero-order chi connectivity index (χ0) is 22.0. The molecule has 1 fully saturated rings. The third kappa shape index (κ3) is 4.20. The molecule has 2 aliphatic rings. The minimum Gasteiger partial charge on any atom is -0.493 e. The Morgan fingerprint density at radius 3 is 2.32 bits per heavy atom. The van der Waals surface area contributed by atoms with Crippen molar-refractivity contribution in [3.05, 3.63) is 64.7 Å². The van der Waals surface area contributed by atoms with Crippen molar-refractivity contribution in [2.75, 3.05) is 20.2 Å². The minimum atomic E-state index is -0.305. The van der Waals surface area contributed by atoms with E-state index in [0.29, 0.717) is 35.0 Å². The molecule has 2 aromatic carbocycles. The van der Waals surface area contributed by atoms with Crippen LogP contribution in [0.25, 0.3) is 0 Å². The maximum Gasteiger partial charge on any atom is 0.261 e. The van der Waals surface area contributed by atoms with Crippen LogP contribution in [-0.4, -0.2) is 47.7 Å².